The second-order valence-electron chi connectivity index (χ2n) is 6.78. The van der Waals surface area contributed by atoms with Gasteiger partial charge in [-0.3, -0.25) is 14.5 Å². The minimum atomic E-state index is -0.535. The van der Waals surface area contributed by atoms with Crippen LogP contribution in [-0.4, -0.2) is 53.8 Å². The van der Waals surface area contributed by atoms with Gasteiger partial charge in [-0.1, -0.05) is 30.3 Å². The summed E-state index contributed by atoms with van der Waals surface area (Å²) in [5.41, 5.74) is 0.950. The highest BCUT2D eigenvalue weighted by Gasteiger charge is 2.25. The lowest BCUT2D eigenvalue weighted by atomic mass is 10.2. The van der Waals surface area contributed by atoms with E-state index < -0.39 is 6.04 Å². The Labute approximate surface area is 178 Å². The molecule has 148 valence electrons. The van der Waals surface area contributed by atoms with Crippen LogP contribution >= 0.6 is 27.3 Å². The van der Waals surface area contributed by atoms with Crippen LogP contribution in [0.3, 0.4) is 0 Å². The maximum Gasteiger partial charge on any atom is 0.244 e. The molecule has 1 aromatic carbocycles. The zero-order valence-electron chi connectivity index (χ0n) is 15.8. The summed E-state index contributed by atoms with van der Waals surface area (Å²) in [6.07, 6.45) is 3.21. The molecule has 1 unspecified atom stereocenters. The number of halogens is 1. The fourth-order valence-electron chi connectivity index (χ4n) is 3.12. The van der Waals surface area contributed by atoms with Gasteiger partial charge in [-0.15, -0.1) is 11.3 Å². The first kappa shape index (κ1) is 20.8. The van der Waals surface area contributed by atoms with Crippen molar-refractivity contribution < 1.29 is 9.59 Å². The van der Waals surface area contributed by atoms with E-state index in [2.05, 4.69) is 38.3 Å². The Morgan fingerprint density at radius 2 is 1.86 bits per heavy atom. The number of piperazine rings is 1. The molecule has 0 radical (unpaired) electrons. The maximum absolute atomic E-state index is 12.6. The molecule has 0 aliphatic carbocycles. The monoisotopic (exact) mass is 461 g/mol. The summed E-state index contributed by atoms with van der Waals surface area (Å²) in [5, 5.41) is 2.77. The fraction of sp³-hybridized carbons (Fsp3) is 0.333. The predicted octanol–water partition coefficient (Wildman–Crippen LogP) is 3.37. The van der Waals surface area contributed by atoms with E-state index in [4.69, 9.17) is 0 Å². The molecule has 2 heterocycles. The standard InChI is InChI=1S/C21H24BrN3O2S/c1-16(23-20(26)10-7-17-5-3-2-4-6-17)21(27)25-13-11-24(12-14-25)15-18-8-9-19(22)28-18/h2-10,16H,11-15H2,1H3,(H,23,26)/b10-7+. The molecule has 7 heteroatoms. The number of nitrogens with one attached hydrogen (secondary N) is 1. The van der Waals surface area contributed by atoms with Crippen LogP contribution in [0.1, 0.15) is 17.4 Å². The van der Waals surface area contributed by atoms with Crippen LogP contribution < -0.4 is 5.32 Å². The van der Waals surface area contributed by atoms with Crippen LogP contribution in [0.4, 0.5) is 0 Å². The molecule has 1 saturated heterocycles. The quantitative estimate of drug-likeness (QED) is 0.670. The highest BCUT2D eigenvalue weighted by atomic mass is 79.9. The fourth-order valence-corrected chi connectivity index (χ4v) is 4.64. The lowest BCUT2D eigenvalue weighted by Gasteiger charge is -2.35. The van der Waals surface area contributed by atoms with E-state index in [-0.39, 0.29) is 11.8 Å². The smallest absolute Gasteiger partial charge is 0.244 e. The van der Waals surface area contributed by atoms with Gasteiger partial charge in [0.15, 0.2) is 0 Å². The number of thiophene rings is 1. The van der Waals surface area contributed by atoms with E-state index >= 15 is 0 Å². The Morgan fingerprint density at radius 1 is 1.14 bits per heavy atom. The number of carbonyl (C=O) groups is 2. The largest absolute Gasteiger partial charge is 0.341 e. The molecule has 0 saturated carbocycles. The first-order valence-electron chi connectivity index (χ1n) is 9.30. The highest BCUT2D eigenvalue weighted by Crippen LogP contribution is 2.23. The SMILES string of the molecule is CC(NC(=O)/C=C/c1ccccc1)C(=O)N1CCN(Cc2ccc(Br)s2)CC1. The second kappa shape index (κ2) is 10.0. The van der Waals surface area contributed by atoms with E-state index in [0.29, 0.717) is 13.1 Å². The first-order valence-corrected chi connectivity index (χ1v) is 10.9. The minimum absolute atomic E-state index is 0.0278. The normalized spacial score (nSPS) is 16.3. The maximum atomic E-state index is 12.6. The summed E-state index contributed by atoms with van der Waals surface area (Å²) in [6.45, 7) is 5.71. The van der Waals surface area contributed by atoms with E-state index in [9.17, 15) is 9.59 Å². The molecule has 28 heavy (non-hydrogen) atoms. The summed E-state index contributed by atoms with van der Waals surface area (Å²) in [5.74, 6) is -0.286. The summed E-state index contributed by atoms with van der Waals surface area (Å²) >= 11 is 5.24. The van der Waals surface area contributed by atoms with Crippen molar-refractivity contribution in [2.24, 2.45) is 0 Å². The molecule has 1 N–H and O–H groups in total. The Morgan fingerprint density at radius 3 is 2.50 bits per heavy atom. The molecule has 1 aliphatic rings. The van der Waals surface area contributed by atoms with Crippen LogP contribution in [0.15, 0.2) is 52.3 Å². The number of amides is 2. The van der Waals surface area contributed by atoms with Crippen molar-refractivity contribution in [3.63, 3.8) is 0 Å². The van der Waals surface area contributed by atoms with Gasteiger partial charge in [0.2, 0.25) is 11.8 Å². The van der Waals surface area contributed by atoms with Gasteiger partial charge < -0.3 is 10.2 Å². The third kappa shape index (κ3) is 6.02. The van der Waals surface area contributed by atoms with Crippen molar-refractivity contribution in [2.75, 3.05) is 26.2 Å². The Balaban J connectivity index is 1.43. The molecule has 3 rings (SSSR count). The molecule has 1 fully saturated rings. The molecule has 0 spiro atoms. The highest BCUT2D eigenvalue weighted by molar-refractivity contribution is 9.11. The summed E-state index contributed by atoms with van der Waals surface area (Å²) in [4.78, 5) is 30.2. The van der Waals surface area contributed by atoms with E-state index in [1.807, 2.05) is 35.2 Å². The number of carbonyl (C=O) groups excluding carboxylic acids is 2. The van der Waals surface area contributed by atoms with Crippen LogP contribution in [0.5, 0.6) is 0 Å². The lowest BCUT2D eigenvalue weighted by Crippen LogP contribution is -2.53. The Hall–Kier alpha value is -1.96. The van der Waals surface area contributed by atoms with Gasteiger partial charge in [0, 0.05) is 43.7 Å². The van der Waals surface area contributed by atoms with Crippen LogP contribution in [0.25, 0.3) is 6.08 Å². The van der Waals surface area contributed by atoms with Crippen molar-refractivity contribution in [3.8, 4) is 0 Å². The third-order valence-electron chi connectivity index (χ3n) is 4.65. The van der Waals surface area contributed by atoms with Crippen molar-refractivity contribution in [1.29, 1.82) is 0 Å². The topological polar surface area (TPSA) is 52.7 Å². The summed E-state index contributed by atoms with van der Waals surface area (Å²) < 4.78 is 1.14. The molecular weight excluding hydrogens is 438 g/mol. The summed E-state index contributed by atoms with van der Waals surface area (Å²) in [7, 11) is 0. The number of rotatable bonds is 6. The molecule has 0 bridgehead atoms. The van der Waals surface area contributed by atoms with Gasteiger partial charge in [-0.2, -0.15) is 0 Å². The first-order chi connectivity index (χ1) is 13.5. The Kier molecular flexibility index (Phi) is 7.42. The number of hydrogen-bond acceptors (Lipinski definition) is 4. The average molecular weight is 462 g/mol. The minimum Gasteiger partial charge on any atom is -0.341 e. The van der Waals surface area contributed by atoms with Crippen molar-refractivity contribution >= 4 is 45.2 Å². The number of nitrogens with zero attached hydrogens (tertiary/aromatic N) is 2. The van der Waals surface area contributed by atoms with Gasteiger partial charge >= 0.3 is 0 Å². The van der Waals surface area contributed by atoms with Crippen LogP contribution in [0.2, 0.25) is 0 Å². The summed E-state index contributed by atoms with van der Waals surface area (Å²) in [6, 6.07) is 13.3. The second-order valence-corrected chi connectivity index (χ2v) is 9.33. The molecule has 2 aromatic rings. The Bertz CT molecular complexity index is 829. The zero-order chi connectivity index (χ0) is 19.9. The predicted molar refractivity (Wildman–Crippen MR) is 117 cm³/mol. The average Bonchev–Trinajstić information content (AvgIpc) is 3.12. The number of benzene rings is 1. The van der Waals surface area contributed by atoms with Gasteiger partial charge in [0.05, 0.1) is 3.79 Å². The lowest BCUT2D eigenvalue weighted by molar-refractivity contribution is -0.136. The van der Waals surface area contributed by atoms with Crippen molar-refractivity contribution in [1.82, 2.24) is 15.1 Å². The van der Waals surface area contributed by atoms with Gasteiger partial charge in [-0.25, -0.2) is 0 Å². The zero-order valence-corrected chi connectivity index (χ0v) is 18.2. The third-order valence-corrected chi connectivity index (χ3v) is 6.26. The molecular formula is C21H24BrN3O2S. The molecule has 1 atom stereocenters. The van der Waals surface area contributed by atoms with Gasteiger partial charge in [-0.05, 0) is 46.6 Å². The van der Waals surface area contributed by atoms with Crippen LogP contribution in [-0.2, 0) is 16.1 Å². The van der Waals surface area contributed by atoms with Crippen molar-refractivity contribution in [2.45, 2.75) is 19.5 Å². The van der Waals surface area contributed by atoms with E-state index in [1.54, 1.807) is 24.3 Å². The molecule has 1 aliphatic heterocycles. The van der Waals surface area contributed by atoms with E-state index in [0.717, 1.165) is 29.0 Å². The number of hydrogen-bond donors (Lipinski definition) is 1. The van der Waals surface area contributed by atoms with Gasteiger partial charge in [0.25, 0.3) is 0 Å². The van der Waals surface area contributed by atoms with Crippen molar-refractivity contribution in [3.05, 3.63) is 62.8 Å². The molecule has 1 aromatic heterocycles. The molecule has 5 nitrogen and oxygen atoms in total. The molecule has 2 amide bonds. The van der Waals surface area contributed by atoms with Crippen LogP contribution in [0, 0.1) is 0 Å². The van der Waals surface area contributed by atoms with Gasteiger partial charge in [0.1, 0.15) is 6.04 Å². The van der Waals surface area contributed by atoms with E-state index in [1.165, 1.54) is 11.0 Å².